The van der Waals surface area contributed by atoms with Gasteiger partial charge in [0.05, 0.1) is 33.4 Å². The highest BCUT2D eigenvalue weighted by Crippen LogP contribution is 2.53. The third-order valence-electron chi connectivity index (χ3n) is 18.2. The summed E-state index contributed by atoms with van der Waals surface area (Å²) in [6.45, 7) is 0. The lowest BCUT2D eigenvalue weighted by atomic mass is 10.0. The molecule has 0 saturated heterocycles. The third-order valence-corrected chi connectivity index (χ3v) is 24.1. The fourth-order valence-corrected chi connectivity index (χ4v) is 20.0. The Balaban J connectivity index is 0.885. The van der Waals surface area contributed by atoms with Gasteiger partial charge in [0.2, 0.25) is 0 Å². The van der Waals surface area contributed by atoms with Crippen molar-refractivity contribution in [1.82, 2.24) is 9.13 Å². The lowest BCUT2D eigenvalue weighted by molar-refractivity contribution is 1.11. The zero-order chi connectivity index (χ0) is 58.8. The summed E-state index contributed by atoms with van der Waals surface area (Å²) in [4.78, 5) is 4.88. The Kier molecular flexibility index (Phi) is 12.8. The Morgan fingerprint density at radius 1 is 0.213 bits per heavy atom. The highest BCUT2D eigenvalue weighted by Gasteiger charge is 2.42. The minimum Gasteiger partial charge on any atom is -0.309 e. The molecule has 3 heterocycles. The fourth-order valence-electron chi connectivity index (χ4n) is 14.1. The molecule has 2 aromatic heterocycles. The van der Waals surface area contributed by atoms with Gasteiger partial charge in [-0.3, -0.25) is 0 Å². The van der Waals surface area contributed by atoms with Gasteiger partial charge in [0.1, 0.15) is 0 Å². The maximum absolute atomic E-state index is 2.92. The van der Waals surface area contributed by atoms with Crippen LogP contribution in [0.2, 0.25) is 0 Å². The lowest BCUT2D eigenvalue weighted by Gasteiger charge is -2.37. The Morgan fingerprint density at radius 3 is 0.843 bits per heavy atom. The zero-order valence-corrected chi connectivity index (χ0v) is 50.5. The van der Waals surface area contributed by atoms with E-state index in [4.69, 9.17) is 0 Å². The Hall–Kier alpha value is -11.0. The molecule has 418 valence electrons. The van der Waals surface area contributed by atoms with Gasteiger partial charge in [0.15, 0.2) is 8.07 Å². The molecule has 0 fully saturated rings. The minimum absolute atomic E-state index is 1.11. The molecule has 0 bridgehead atoms. The average Bonchev–Trinajstić information content (AvgIpc) is 1.79. The van der Waals surface area contributed by atoms with Gasteiger partial charge in [-0.15, -0.1) is 0 Å². The molecule has 0 N–H and O–H groups in total. The van der Waals surface area contributed by atoms with Crippen LogP contribution in [-0.4, -0.2) is 17.2 Å². The first kappa shape index (κ1) is 52.4. The smallest absolute Gasteiger partial charge is 0.179 e. The molecule has 0 aliphatic carbocycles. The number of rotatable bonds is 11. The van der Waals surface area contributed by atoms with Gasteiger partial charge in [0, 0.05) is 48.4 Å². The molecular weight excluding hydrogens is 1110 g/mol. The van der Waals surface area contributed by atoms with Crippen molar-refractivity contribution in [2.75, 3.05) is 4.90 Å². The second-order valence-corrected chi connectivity index (χ2v) is 28.1. The molecule has 1 aliphatic rings. The van der Waals surface area contributed by atoms with E-state index in [9.17, 15) is 0 Å². The molecule has 14 aromatic carbocycles. The van der Waals surface area contributed by atoms with Crippen LogP contribution in [0.25, 0.3) is 99.5 Å². The van der Waals surface area contributed by atoms with E-state index >= 15 is 0 Å². The van der Waals surface area contributed by atoms with Crippen molar-refractivity contribution in [3.8, 4) is 55.9 Å². The number of hydrogen-bond acceptors (Lipinski definition) is 2. The van der Waals surface area contributed by atoms with Crippen LogP contribution in [0.15, 0.2) is 356 Å². The van der Waals surface area contributed by atoms with E-state index in [2.05, 4.69) is 360 Å². The first-order valence-electron chi connectivity index (χ1n) is 30.5. The molecule has 3 nitrogen and oxygen atoms in total. The van der Waals surface area contributed by atoms with Gasteiger partial charge in [0.25, 0.3) is 0 Å². The molecule has 5 heteroatoms. The van der Waals surface area contributed by atoms with Gasteiger partial charge in [-0.05, 0) is 162 Å². The molecule has 17 rings (SSSR count). The second-order valence-electron chi connectivity index (χ2n) is 23.2. The summed E-state index contributed by atoms with van der Waals surface area (Å²) in [5, 5.41) is 10.2. The van der Waals surface area contributed by atoms with Crippen LogP contribution < -0.4 is 25.6 Å². The van der Waals surface area contributed by atoms with Gasteiger partial charge in [-0.25, -0.2) is 0 Å². The summed E-state index contributed by atoms with van der Waals surface area (Å²) in [6, 6.07) is 129. The van der Waals surface area contributed by atoms with E-state index in [1.165, 1.54) is 119 Å². The van der Waals surface area contributed by atoms with E-state index < -0.39 is 8.07 Å². The average molecular weight is 1170 g/mol. The largest absolute Gasteiger partial charge is 0.309 e. The number of aromatic nitrogens is 2. The standard InChI is InChI=1S/C84H57N3SSi/c1-8-23-58(24-9-1)62-39-45-77-73(51-62)74-52-63(59-25-10-2-11-26-59)40-46-78(74)85(77)67-43-49-81-83(56-67)88-84-57-68(86-79-47-41-64(60-27-12-3-13-28-60)53-75(79)76-54-65(42-48-80(76)86)61-29-14-4-15-30-61)44-50-82(84)87(81)66-31-22-38-72(55-66)89(69-32-16-5-17-33-69,70-34-18-6-19-35-70)71-36-20-7-21-37-71/h1-57H. The number of hydrogen-bond donors (Lipinski definition) is 0. The maximum Gasteiger partial charge on any atom is 0.179 e. The monoisotopic (exact) mass is 1170 g/mol. The summed E-state index contributed by atoms with van der Waals surface area (Å²) >= 11 is 1.86. The van der Waals surface area contributed by atoms with Crippen molar-refractivity contribution >= 4 is 101 Å². The van der Waals surface area contributed by atoms with Crippen molar-refractivity contribution in [2.45, 2.75) is 9.79 Å². The van der Waals surface area contributed by atoms with Crippen molar-refractivity contribution in [3.63, 3.8) is 0 Å². The van der Waals surface area contributed by atoms with Crippen molar-refractivity contribution in [3.05, 3.63) is 346 Å². The summed E-state index contributed by atoms with van der Waals surface area (Å²) in [7, 11) is -2.92. The second kappa shape index (κ2) is 21.8. The number of anilines is 3. The first-order chi connectivity index (χ1) is 44.1. The normalized spacial score (nSPS) is 12.2. The SMILES string of the molecule is c1ccc(-c2ccc3c(c2)c2cc(-c4ccccc4)ccc2n3-c2ccc3c(c2)Sc2cc(-n4c5ccc(-c6ccccc6)cc5c5cc(-c6ccccc6)ccc54)ccc2N3c2cccc([Si](c3ccccc3)(c3ccccc3)c3ccccc3)c2)cc1. The van der Waals surface area contributed by atoms with E-state index in [1.54, 1.807) is 0 Å². The molecule has 0 saturated carbocycles. The number of benzene rings is 14. The predicted molar refractivity (Wildman–Crippen MR) is 379 cm³/mol. The van der Waals surface area contributed by atoms with Crippen molar-refractivity contribution < 1.29 is 0 Å². The molecule has 0 amide bonds. The molecule has 0 unspecified atom stereocenters. The van der Waals surface area contributed by atoms with E-state index in [0.717, 1.165) is 28.4 Å². The van der Waals surface area contributed by atoms with E-state index in [0.29, 0.717) is 0 Å². The minimum atomic E-state index is -2.92. The number of fused-ring (bicyclic) bond motifs is 8. The number of nitrogens with zero attached hydrogens (tertiary/aromatic N) is 3. The maximum atomic E-state index is 2.53. The predicted octanol–water partition coefficient (Wildman–Crippen LogP) is 19.9. The van der Waals surface area contributed by atoms with Crippen LogP contribution in [0.5, 0.6) is 0 Å². The zero-order valence-electron chi connectivity index (χ0n) is 48.7. The van der Waals surface area contributed by atoms with Crippen LogP contribution in [0.4, 0.5) is 17.1 Å². The molecule has 0 radical (unpaired) electrons. The van der Waals surface area contributed by atoms with Crippen LogP contribution in [0.3, 0.4) is 0 Å². The Labute approximate surface area is 523 Å². The molecular formula is C84H57N3SSi. The summed E-state index contributed by atoms with van der Waals surface area (Å²) in [5.74, 6) is 0. The van der Waals surface area contributed by atoms with Crippen molar-refractivity contribution in [1.29, 1.82) is 0 Å². The molecule has 0 atom stereocenters. The quantitative estimate of drug-likeness (QED) is 0.0946. The van der Waals surface area contributed by atoms with Crippen LogP contribution in [0.1, 0.15) is 0 Å². The molecule has 89 heavy (non-hydrogen) atoms. The van der Waals surface area contributed by atoms with Gasteiger partial charge >= 0.3 is 0 Å². The van der Waals surface area contributed by atoms with Gasteiger partial charge in [-0.2, -0.15) is 0 Å². The Morgan fingerprint density at radius 2 is 0.517 bits per heavy atom. The van der Waals surface area contributed by atoms with E-state index in [-0.39, 0.29) is 0 Å². The highest BCUT2D eigenvalue weighted by molar-refractivity contribution is 7.99. The molecule has 16 aromatic rings. The third kappa shape index (κ3) is 8.88. The summed E-state index contributed by atoms with van der Waals surface area (Å²) < 4.78 is 4.97. The fraction of sp³-hybridized carbons (Fsp3) is 0. The highest BCUT2D eigenvalue weighted by atomic mass is 32.2. The lowest BCUT2D eigenvalue weighted by Crippen LogP contribution is -2.74. The molecule has 0 spiro atoms. The van der Waals surface area contributed by atoms with Crippen LogP contribution >= 0.6 is 11.8 Å². The summed E-state index contributed by atoms with van der Waals surface area (Å²) in [6.07, 6.45) is 0. The topological polar surface area (TPSA) is 13.1 Å². The van der Waals surface area contributed by atoms with Gasteiger partial charge < -0.3 is 14.0 Å². The first-order valence-corrected chi connectivity index (χ1v) is 33.4. The van der Waals surface area contributed by atoms with Gasteiger partial charge in [-0.1, -0.05) is 260 Å². The van der Waals surface area contributed by atoms with Crippen molar-refractivity contribution in [2.24, 2.45) is 0 Å². The van der Waals surface area contributed by atoms with Crippen LogP contribution in [-0.2, 0) is 0 Å². The van der Waals surface area contributed by atoms with E-state index in [1.807, 2.05) is 11.8 Å². The Bertz CT molecular complexity index is 4780. The summed E-state index contributed by atoms with van der Waals surface area (Å²) in [5.41, 5.74) is 19.9. The molecule has 1 aliphatic heterocycles. The van der Waals surface area contributed by atoms with Crippen LogP contribution in [0, 0.1) is 0 Å².